The zero-order chi connectivity index (χ0) is 19.7. The number of fused-ring (bicyclic) bond motifs is 1. The van der Waals surface area contributed by atoms with Crippen LogP contribution in [0, 0.1) is 5.82 Å². The Balaban J connectivity index is 2.22. The van der Waals surface area contributed by atoms with Crippen LogP contribution in [0.25, 0.3) is 16.6 Å². The highest BCUT2D eigenvalue weighted by molar-refractivity contribution is 8.00. The number of rotatable bonds is 4. The van der Waals surface area contributed by atoms with Gasteiger partial charge in [-0.1, -0.05) is 35.5 Å². The van der Waals surface area contributed by atoms with Crippen LogP contribution >= 0.6 is 23.4 Å². The summed E-state index contributed by atoms with van der Waals surface area (Å²) >= 11 is 7.07. The molecule has 0 aliphatic heterocycles. The molecule has 0 fully saturated rings. The topological polar surface area (TPSA) is 55.2 Å². The third-order valence-electron chi connectivity index (χ3n) is 3.98. The van der Waals surface area contributed by atoms with E-state index in [4.69, 9.17) is 11.6 Å². The number of para-hydroxylation sites is 1. The molecule has 0 unspecified atom stereocenters. The molecule has 0 aliphatic carbocycles. The van der Waals surface area contributed by atoms with Crippen LogP contribution < -0.4 is 5.56 Å². The lowest BCUT2D eigenvalue weighted by molar-refractivity contribution is -0.127. The van der Waals surface area contributed by atoms with Gasteiger partial charge in [0.25, 0.3) is 5.56 Å². The first-order valence-electron chi connectivity index (χ1n) is 8.14. The van der Waals surface area contributed by atoms with Gasteiger partial charge in [-0.15, -0.1) is 0 Å². The molecule has 1 atom stereocenters. The number of carbonyl (C=O) groups excluding carboxylic acids is 1. The minimum atomic E-state index is -0.576. The minimum absolute atomic E-state index is 0.0964. The zero-order valence-corrected chi connectivity index (χ0v) is 16.5. The van der Waals surface area contributed by atoms with Crippen LogP contribution in [0.2, 0.25) is 5.02 Å². The molecule has 5 nitrogen and oxygen atoms in total. The van der Waals surface area contributed by atoms with E-state index >= 15 is 0 Å². The van der Waals surface area contributed by atoms with Gasteiger partial charge in [0.1, 0.15) is 5.82 Å². The summed E-state index contributed by atoms with van der Waals surface area (Å²) < 4.78 is 14.9. The van der Waals surface area contributed by atoms with E-state index in [-0.39, 0.29) is 16.5 Å². The van der Waals surface area contributed by atoms with Crippen LogP contribution in [0.15, 0.2) is 52.4 Å². The highest BCUT2D eigenvalue weighted by Crippen LogP contribution is 2.27. The van der Waals surface area contributed by atoms with Gasteiger partial charge in [0, 0.05) is 14.1 Å². The van der Waals surface area contributed by atoms with Gasteiger partial charge in [-0.3, -0.25) is 14.2 Å². The van der Waals surface area contributed by atoms with Gasteiger partial charge in [0.2, 0.25) is 5.91 Å². The lowest BCUT2D eigenvalue weighted by atomic mass is 10.2. The monoisotopic (exact) mass is 405 g/mol. The minimum Gasteiger partial charge on any atom is -0.348 e. The molecule has 1 amide bonds. The molecule has 27 heavy (non-hydrogen) atoms. The van der Waals surface area contributed by atoms with Gasteiger partial charge in [0.15, 0.2) is 5.16 Å². The summed E-state index contributed by atoms with van der Waals surface area (Å²) in [7, 11) is 3.33. The first-order valence-corrected chi connectivity index (χ1v) is 9.40. The van der Waals surface area contributed by atoms with Gasteiger partial charge < -0.3 is 4.90 Å². The van der Waals surface area contributed by atoms with Gasteiger partial charge in [0.05, 0.1) is 26.9 Å². The Morgan fingerprint density at radius 1 is 1.26 bits per heavy atom. The molecule has 0 saturated carbocycles. The summed E-state index contributed by atoms with van der Waals surface area (Å²) in [4.78, 5) is 31.4. The predicted octanol–water partition coefficient (Wildman–Crippen LogP) is 3.75. The molecular weight excluding hydrogens is 389 g/mol. The van der Waals surface area contributed by atoms with E-state index in [1.165, 1.54) is 27.7 Å². The van der Waals surface area contributed by atoms with Crippen LogP contribution in [0.4, 0.5) is 4.39 Å². The Kier molecular flexibility index (Phi) is 5.53. The third kappa shape index (κ3) is 3.84. The molecule has 8 heteroatoms. The van der Waals surface area contributed by atoms with E-state index in [0.29, 0.717) is 21.7 Å². The Labute approximate surface area is 164 Å². The Morgan fingerprint density at radius 3 is 2.63 bits per heavy atom. The summed E-state index contributed by atoms with van der Waals surface area (Å²) in [6.45, 7) is 1.75. The molecule has 0 N–H and O–H groups in total. The van der Waals surface area contributed by atoms with Crippen molar-refractivity contribution in [3.8, 4) is 5.69 Å². The van der Waals surface area contributed by atoms with Crippen LogP contribution in [-0.4, -0.2) is 39.7 Å². The lowest BCUT2D eigenvalue weighted by Gasteiger charge is -2.19. The van der Waals surface area contributed by atoms with Crippen LogP contribution in [0.1, 0.15) is 6.92 Å². The fourth-order valence-corrected chi connectivity index (χ4v) is 3.86. The summed E-state index contributed by atoms with van der Waals surface area (Å²) in [5.74, 6) is -0.682. The average molecular weight is 406 g/mol. The maximum absolute atomic E-state index is 13.6. The van der Waals surface area contributed by atoms with E-state index in [0.717, 1.165) is 11.8 Å². The SMILES string of the molecule is C[C@H](Sc1nc2ccccc2c(=O)n1-c1ccc(F)c(Cl)c1)C(=O)N(C)C. The van der Waals surface area contributed by atoms with Crippen LogP contribution in [0.5, 0.6) is 0 Å². The van der Waals surface area contributed by atoms with E-state index in [1.54, 1.807) is 45.3 Å². The highest BCUT2D eigenvalue weighted by atomic mass is 35.5. The van der Waals surface area contributed by atoms with Crippen LogP contribution in [0.3, 0.4) is 0 Å². The Bertz CT molecular complexity index is 1080. The molecule has 0 bridgehead atoms. The molecule has 0 spiro atoms. The zero-order valence-electron chi connectivity index (χ0n) is 14.9. The van der Waals surface area contributed by atoms with Gasteiger partial charge in [-0.25, -0.2) is 9.37 Å². The van der Waals surface area contributed by atoms with Crippen molar-refractivity contribution in [1.29, 1.82) is 0 Å². The molecule has 3 rings (SSSR count). The molecule has 0 saturated heterocycles. The first kappa shape index (κ1) is 19.4. The van der Waals surface area contributed by atoms with Crippen LogP contribution in [-0.2, 0) is 4.79 Å². The van der Waals surface area contributed by atoms with E-state index in [2.05, 4.69) is 4.98 Å². The normalized spacial score (nSPS) is 12.2. The van der Waals surface area contributed by atoms with Gasteiger partial charge >= 0.3 is 0 Å². The molecule has 0 aliphatic rings. The Hall–Kier alpha value is -2.38. The predicted molar refractivity (Wildman–Crippen MR) is 106 cm³/mol. The second kappa shape index (κ2) is 7.70. The highest BCUT2D eigenvalue weighted by Gasteiger charge is 2.21. The van der Waals surface area contributed by atoms with Crippen molar-refractivity contribution in [2.24, 2.45) is 0 Å². The smallest absolute Gasteiger partial charge is 0.266 e. The van der Waals surface area contributed by atoms with Crippen molar-refractivity contribution in [3.05, 3.63) is 63.7 Å². The maximum atomic E-state index is 13.6. The molecule has 0 radical (unpaired) electrons. The average Bonchev–Trinajstić information content (AvgIpc) is 2.63. The number of hydrogen-bond donors (Lipinski definition) is 0. The van der Waals surface area contributed by atoms with E-state index in [9.17, 15) is 14.0 Å². The second-order valence-corrected chi connectivity index (χ2v) is 7.86. The molecule has 2 aromatic carbocycles. The number of carbonyl (C=O) groups is 1. The molecule has 140 valence electrons. The number of aromatic nitrogens is 2. The van der Waals surface area contributed by atoms with Crippen molar-refractivity contribution in [1.82, 2.24) is 14.5 Å². The van der Waals surface area contributed by atoms with Gasteiger partial charge in [-0.2, -0.15) is 0 Å². The number of amides is 1. The van der Waals surface area contributed by atoms with E-state index in [1.807, 2.05) is 0 Å². The molecule has 1 aromatic heterocycles. The standard InChI is InChI=1S/C19H17ClFN3O2S/c1-11(17(25)23(2)3)27-19-22-16-7-5-4-6-13(16)18(26)24(19)12-8-9-15(21)14(20)10-12/h4-11H,1-3H3/t11-/m0/s1. The van der Waals surface area contributed by atoms with E-state index < -0.39 is 11.1 Å². The van der Waals surface area contributed by atoms with Gasteiger partial charge in [-0.05, 0) is 37.3 Å². The molecular formula is C19H17ClFN3O2S. The van der Waals surface area contributed by atoms with Crippen molar-refractivity contribution in [2.45, 2.75) is 17.3 Å². The van der Waals surface area contributed by atoms with Crippen molar-refractivity contribution < 1.29 is 9.18 Å². The summed E-state index contributed by atoms with van der Waals surface area (Å²) in [6, 6.07) is 11.0. The molecule has 3 aromatic rings. The number of benzene rings is 2. The fourth-order valence-electron chi connectivity index (χ4n) is 2.62. The van der Waals surface area contributed by atoms with Crippen molar-refractivity contribution in [3.63, 3.8) is 0 Å². The van der Waals surface area contributed by atoms with Crippen molar-refractivity contribution in [2.75, 3.05) is 14.1 Å². The first-order chi connectivity index (χ1) is 12.8. The Morgan fingerprint density at radius 2 is 1.96 bits per heavy atom. The quantitative estimate of drug-likeness (QED) is 0.490. The van der Waals surface area contributed by atoms with Crippen molar-refractivity contribution >= 4 is 40.2 Å². The summed E-state index contributed by atoms with van der Waals surface area (Å²) in [5, 5.41) is 0.203. The second-order valence-electron chi connectivity index (χ2n) is 6.14. The largest absolute Gasteiger partial charge is 0.348 e. The third-order valence-corrected chi connectivity index (χ3v) is 5.31. The lowest BCUT2D eigenvalue weighted by Crippen LogP contribution is -2.31. The number of thioether (sulfide) groups is 1. The maximum Gasteiger partial charge on any atom is 0.266 e. The molecule has 1 heterocycles. The number of nitrogens with zero attached hydrogens (tertiary/aromatic N) is 3. The number of hydrogen-bond acceptors (Lipinski definition) is 4. The fraction of sp³-hybridized carbons (Fsp3) is 0.211. The summed E-state index contributed by atoms with van der Waals surface area (Å²) in [6.07, 6.45) is 0. The summed E-state index contributed by atoms with van der Waals surface area (Å²) in [5.41, 5.74) is 0.603. The number of halogens is 2.